The number of amides is 1. The van der Waals surface area contributed by atoms with Gasteiger partial charge in [-0.1, -0.05) is 42.5 Å². The van der Waals surface area contributed by atoms with Gasteiger partial charge in [-0.3, -0.25) is 10.1 Å². The Morgan fingerprint density at radius 2 is 1.90 bits per heavy atom. The minimum atomic E-state index is 0.0143. The molecular weight excluding hydrogens is 408 g/mol. The molecule has 1 N–H and O–H groups in total. The monoisotopic (exact) mass is 434 g/mol. The molecule has 5 nitrogen and oxygen atoms in total. The van der Waals surface area contributed by atoms with Crippen molar-refractivity contribution in [3.63, 3.8) is 0 Å². The summed E-state index contributed by atoms with van der Waals surface area (Å²) >= 11 is 1.71. The van der Waals surface area contributed by atoms with Gasteiger partial charge in [-0.15, -0.1) is 11.3 Å². The second-order valence-corrected chi connectivity index (χ2v) is 8.87. The van der Waals surface area contributed by atoms with Crippen molar-refractivity contribution in [1.82, 2.24) is 10.2 Å². The summed E-state index contributed by atoms with van der Waals surface area (Å²) in [6.07, 6.45) is 1.98. The van der Waals surface area contributed by atoms with Crippen molar-refractivity contribution in [3.8, 4) is 11.5 Å². The molecule has 6 heteroatoms. The first-order valence-corrected chi connectivity index (χ1v) is 11.7. The molecule has 1 amide bonds. The molecule has 0 bridgehead atoms. The number of rotatable bonds is 6. The third kappa shape index (κ3) is 4.31. The number of fused-ring (bicyclic) bond motifs is 1. The molecule has 0 unspecified atom stereocenters. The highest BCUT2D eigenvalue weighted by molar-refractivity contribution is 7.10. The predicted octanol–water partition coefficient (Wildman–Crippen LogP) is 4.56. The molecule has 31 heavy (non-hydrogen) atoms. The second kappa shape index (κ2) is 9.12. The fraction of sp³-hybridized carbons (Fsp3) is 0.320. The van der Waals surface area contributed by atoms with E-state index in [2.05, 4.69) is 41.0 Å². The van der Waals surface area contributed by atoms with Gasteiger partial charge in [-0.05, 0) is 47.5 Å². The number of nitrogens with one attached hydrogen (secondary N) is 1. The second-order valence-electron chi connectivity index (χ2n) is 7.89. The average molecular weight is 435 g/mol. The molecule has 2 aromatic carbocycles. The third-order valence-electron chi connectivity index (χ3n) is 5.94. The zero-order valence-electron chi connectivity index (χ0n) is 17.3. The Hall–Kier alpha value is -2.83. The van der Waals surface area contributed by atoms with E-state index >= 15 is 0 Å². The van der Waals surface area contributed by atoms with Crippen LogP contribution in [0.4, 0.5) is 0 Å². The van der Waals surface area contributed by atoms with Crippen LogP contribution in [-0.4, -0.2) is 37.1 Å². The summed E-state index contributed by atoms with van der Waals surface area (Å²) in [5.74, 6) is 1.70. The Kier molecular flexibility index (Phi) is 5.91. The quantitative estimate of drug-likeness (QED) is 0.618. The molecule has 1 aromatic heterocycles. The fourth-order valence-electron chi connectivity index (χ4n) is 4.45. The lowest BCUT2D eigenvalue weighted by Gasteiger charge is -2.28. The molecule has 3 heterocycles. The highest BCUT2D eigenvalue weighted by Crippen LogP contribution is 2.38. The average Bonchev–Trinajstić information content (AvgIpc) is 3.52. The number of ether oxygens (including phenoxy) is 2. The first-order valence-electron chi connectivity index (χ1n) is 10.8. The lowest BCUT2D eigenvalue weighted by molar-refractivity contribution is -0.131. The van der Waals surface area contributed by atoms with Crippen LogP contribution in [0, 0.1) is 0 Å². The Morgan fingerprint density at radius 3 is 2.71 bits per heavy atom. The molecule has 3 aromatic rings. The van der Waals surface area contributed by atoms with Crippen LogP contribution >= 0.6 is 11.3 Å². The van der Waals surface area contributed by atoms with E-state index in [1.54, 1.807) is 11.3 Å². The zero-order chi connectivity index (χ0) is 21.0. The number of carbonyl (C=O) groups excluding carboxylic acids is 1. The molecule has 2 aliphatic rings. The molecule has 0 aliphatic carbocycles. The van der Waals surface area contributed by atoms with Gasteiger partial charge in [0.05, 0.1) is 18.6 Å². The number of carbonyl (C=O) groups is 1. The van der Waals surface area contributed by atoms with Crippen LogP contribution in [0.2, 0.25) is 0 Å². The van der Waals surface area contributed by atoms with E-state index in [4.69, 9.17) is 9.47 Å². The standard InChI is InChI=1S/C25H26N2O3S/c28-24(17-26-25(23-9-5-15-31-23)18-6-2-1-3-7-18)27-12-4-8-20(27)19-10-11-21-22(16-19)30-14-13-29-21/h1-3,5-7,9-11,15-16,20,25-26H,4,8,12-14,17H2/t20-,25-/m1/s1. The summed E-state index contributed by atoms with van der Waals surface area (Å²) in [6.45, 7) is 2.24. The third-order valence-corrected chi connectivity index (χ3v) is 6.88. The topological polar surface area (TPSA) is 50.8 Å². The molecule has 0 saturated carbocycles. The summed E-state index contributed by atoms with van der Waals surface area (Å²) in [4.78, 5) is 16.5. The van der Waals surface area contributed by atoms with Crippen LogP contribution < -0.4 is 14.8 Å². The van der Waals surface area contributed by atoms with Gasteiger partial charge in [-0.25, -0.2) is 0 Å². The van der Waals surface area contributed by atoms with Crippen LogP contribution in [0.1, 0.15) is 40.9 Å². The first-order chi connectivity index (χ1) is 15.3. The van der Waals surface area contributed by atoms with E-state index in [9.17, 15) is 4.79 Å². The lowest BCUT2D eigenvalue weighted by atomic mass is 10.0. The highest BCUT2D eigenvalue weighted by Gasteiger charge is 2.31. The molecule has 5 rings (SSSR count). The number of likely N-dealkylation sites (tertiary alicyclic amines) is 1. The van der Waals surface area contributed by atoms with Gasteiger partial charge in [-0.2, -0.15) is 0 Å². The van der Waals surface area contributed by atoms with Gasteiger partial charge >= 0.3 is 0 Å². The highest BCUT2D eigenvalue weighted by atomic mass is 32.1. The van der Waals surface area contributed by atoms with Crippen molar-refractivity contribution in [2.45, 2.75) is 24.9 Å². The largest absolute Gasteiger partial charge is 0.486 e. The predicted molar refractivity (Wildman–Crippen MR) is 122 cm³/mol. The van der Waals surface area contributed by atoms with Gasteiger partial charge < -0.3 is 14.4 Å². The maximum atomic E-state index is 13.2. The summed E-state index contributed by atoms with van der Waals surface area (Å²) in [5.41, 5.74) is 2.29. The van der Waals surface area contributed by atoms with Crippen molar-refractivity contribution in [1.29, 1.82) is 0 Å². The fourth-order valence-corrected chi connectivity index (χ4v) is 5.28. The number of hydrogen-bond acceptors (Lipinski definition) is 5. The van der Waals surface area contributed by atoms with Crippen molar-refractivity contribution < 1.29 is 14.3 Å². The van der Waals surface area contributed by atoms with Gasteiger partial charge in [0.2, 0.25) is 5.91 Å². The Balaban J connectivity index is 1.30. The Labute approximate surface area is 186 Å². The van der Waals surface area contributed by atoms with Gasteiger partial charge in [0.15, 0.2) is 11.5 Å². The molecule has 2 aliphatic heterocycles. The summed E-state index contributed by atoms with van der Waals surface area (Å²) in [7, 11) is 0. The zero-order valence-corrected chi connectivity index (χ0v) is 18.1. The van der Waals surface area contributed by atoms with E-state index in [0.717, 1.165) is 36.4 Å². The number of thiophene rings is 1. The van der Waals surface area contributed by atoms with Crippen LogP contribution in [0.3, 0.4) is 0 Å². The molecule has 0 spiro atoms. The van der Waals surface area contributed by atoms with Crippen LogP contribution in [0.15, 0.2) is 66.0 Å². The van der Waals surface area contributed by atoms with Crippen LogP contribution in [0.25, 0.3) is 0 Å². The Bertz CT molecular complexity index is 1020. The SMILES string of the molecule is O=C(CN[C@H](c1ccccc1)c1cccs1)N1CCC[C@@H]1c1ccc2c(c1)OCCO2. The maximum absolute atomic E-state index is 13.2. The van der Waals surface area contributed by atoms with E-state index in [1.807, 2.05) is 35.2 Å². The minimum Gasteiger partial charge on any atom is -0.486 e. The first kappa shape index (κ1) is 20.1. The molecule has 160 valence electrons. The van der Waals surface area contributed by atoms with E-state index in [1.165, 1.54) is 10.4 Å². The van der Waals surface area contributed by atoms with Crippen molar-refractivity contribution >= 4 is 17.2 Å². The van der Waals surface area contributed by atoms with Gasteiger partial charge in [0.25, 0.3) is 0 Å². The lowest BCUT2D eigenvalue weighted by Crippen LogP contribution is -2.39. The van der Waals surface area contributed by atoms with Gasteiger partial charge in [0, 0.05) is 11.4 Å². The van der Waals surface area contributed by atoms with E-state index in [-0.39, 0.29) is 18.0 Å². The van der Waals surface area contributed by atoms with E-state index < -0.39 is 0 Å². The van der Waals surface area contributed by atoms with Crippen molar-refractivity contribution in [2.24, 2.45) is 0 Å². The van der Waals surface area contributed by atoms with Crippen LogP contribution in [0.5, 0.6) is 11.5 Å². The summed E-state index contributed by atoms with van der Waals surface area (Å²) in [5, 5.41) is 5.59. The molecule has 1 fully saturated rings. The normalized spacial score (nSPS) is 18.7. The van der Waals surface area contributed by atoms with Crippen molar-refractivity contribution in [2.75, 3.05) is 26.3 Å². The van der Waals surface area contributed by atoms with Gasteiger partial charge in [0.1, 0.15) is 13.2 Å². The van der Waals surface area contributed by atoms with Crippen molar-refractivity contribution in [3.05, 3.63) is 82.0 Å². The molecule has 1 saturated heterocycles. The molecule has 0 radical (unpaired) electrons. The number of nitrogens with zero attached hydrogens (tertiary/aromatic N) is 1. The van der Waals surface area contributed by atoms with Crippen LogP contribution in [-0.2, 0) is 4.79 Å². The Morgan fingerprint density at radius 1 is 1.06 bits per heavy atom. The minimum absolute atomic E-state index is 0.0143. The summed E-state index contributed by atoms with van der Waals surface area (Å²) < 4.78 is 11.4. The number of benzene rings is 2. The molecular formula is C25H26N2O3S. The maximum Gasteiger partial charge on any atom is 0.237 e. The number of hydrogen-bond donors (Lipinski definition) is 1. The smallest absolute Gasteiger partial charge is 0.237 e. The van der Waals surface area contributed by atoms with E-state index in [0.29, 0.717) is 19.8 Å². The summed E-state index contributed by atoms with van der Waals surface area (Å²) in [6, 6.07) is 20.6. The molecule has 2 atom stereocenters.